The van der Waals surface area contributed by atoms with Gasteiger partial charge in [-0.2, -0.15) is 0 Å². The van der Waals surface area contributed by atoms with Crippen molar-refractivity contribution < 1.29 is 18.4 Å². The van der Waals surface area contributed by atoms with Crippen LogP contribution in [-0.4, -0.2) is 21.7 Å². The Morgan fingerprint density at radius 3 is 2.64 bits per heavy atom. The van der Waals surface area contributed by atoms with Crippen LogP contribution in [-0.2, 0) is 22.6 Å². The third-order valence-electron chi connectivity index (χ3n) is 4.36. The Balaban J connectivity index is 1.49. The number of carbonyl (C=O) groups excluding carboxylic acids is 2. The van der Waals surface area contributed by atoms with Gasteiger partial charge in [-0.1, -0.05) is 24.3 Å². The van der Waals surface area contributed by atoms with Crippen LogP contribution < -0.4 is 0 Å². The smallest absolute Gasteiger partial charge is 0.233 e. The van der Waals surface area contributed by atoms with Gasteiger partial charge >= 0.3 is 0 Å². The molecule has 0 saturated carbocycles. The van der Waals surface area contributed by atoms with Crippen LogP contribution in [0.25, 0.3) is 11.1 Å². The summed E-state index contributed by atoms with van der Waals surface area (Å²) in [7, 11) is 0. The van der Waals surface area contributed by atoms with Crippen molar-refractivity contribution in [2.75, 3.05) is 0 Å². The number of para-hydroxylation sites is 2. The van der Waals surface area contributed by atoms with E-state index in [1.807, 2.05) is 18.2 Å². The fourth-order valence-corrected chi connectivity index (χ4v) is 3.10. The molecular formula is C19H15FN2O3. The summed E-state index contributed by atoms with van der Waals surface area (Å²) in [5, 5.41) is 0. The Kier molecular flexibility index (Phi) is 3.80. The van der Waals surface area contributed by atoms with Gasteiger partial charge in [0.1, 0.15) is 17.9 Å². The SMILES string of the molecule is O=C1C[C@H](Cc2ccc(F)cc2)C(=O)N1Cc1nc2ccccc2o1. The summed E-state index contributed by atoms with van der Waals surface area (Å²) in [4.78, 5) is 30.3. The van der Waals surface area contributed by atoms with Crippen molar-refractivity contribution in [3.63, 3.8) is 0 Å². The van der Waals surface area contributed by atoms with Crippen LogP contribution in [0, 0.1) is 11.7 Å². The fourth-order valence-electron chi connectivity index (χ4n) is 3.10. The molecule has 5 nitrogen and oxygen atoms in total. The van der Waals surface area contributed by atoms with Gasteiger partial charge in [-0.15, -0.1) is 0 Å². The van der Waals surface area contributed by atoms with Crippen molar-refractivity contribution in [1.82, 2.24) is 9.88 Å². The molecule has 2 heterocycles. The Labute approximate surface area is 143 Å². The van der Waals surface area contributed by atoms with E-state index < -0.39 is 5.92 Å². The molecule has 0 spiro atoms. The van der Waals surface area contributed by atoms with Crippen molar-refractivity contribution in [3.05, 3.63) is 65.8 Å². The lowest BCUT2D eigenvalue weighted by atomic mass is 9.98. The number of aromatic nitrogens is 1. The largest absolute Gasteiger partial charge is 0.439 e. The van der Waals surface area contributed by atoms with Crippen LogP contribution >= 0.6 is 0 Å². The number of imide groups is 1. The van der Waals surface area contributed by atoms with Gasteiger partial charge in [-0.05, 0) is 36.2 Å². The Hall–Kier alpha value is -3.02. The zero-order chi connectivity index (χ0) is 17.4. The van der Waals surface area contributed by atoms with E-state index in [0.29, 0.717) is 23.4 Å². The minimum Gasteiger partial charge on any atom is -0.439 e. The normalized spacial score (nSPS) is 17.6. The standard InChI is InChI=1S/C19H15FN2O3/c20-14-7-5-12(6-8-14)9-13-10-18(23)22(19(13)24)11-17-21-15-3-1-2-4-16(15)25-17/h1-8,13H,9-11H2/t13-/m0/s1. The van der Waals surface area contributed by atoms with Crippen molar-refractivity contribution in [2.24, 2.45) is 5.92 Å². The quantitative estimate of drug-likeness (QED) is 0.686. The molecule has 1 aliphatic rings. The molecular weight excluding hydrogens is 323 g/mol. The van der Waals surface area contributed by atoms with Gasteiger partial charge in [0.15, 0.2) is 5.58 Å². The second kappa shape index (κ2) is 6.12. The zero-order valence-corrected chi connectivity index (χ0v) is 13.3. The maximum atomic E-state index is 13.0. The molecule has 1 saturated heterocycles. The lowest BCUT2D eigenvalue weighted by molar-refractivity contribution is -0.140. The third kappa shape index (κ3) is 3.03. The number of fused-ring (bicyclic) bond motifs is 1. The van der Waals surface area contributed by atoms with E-state index in [1.54, 1.807) is 18.2 Å². The average molecular weight is 338 g/mol. The molecule has 1 fully saturated rings. The van der Waals surface area contributed by atoms with Gasteiger partial charge in [-0.3, -0.25) is 14.5 Å². The minimum absolute atomic E-state index is 0.0340. The van der Waals surface area contributed by atoms with E-state index in [0.717, 1.165) is 5.56 Å². The summed E-state index contributed by atoms with van der Waals surface area (Å²) >= 11 is 0. The molecule has 1 aromatic heterocycles. The first-order valence-electron chi connectivity index (χ1n) is 8.03. The van der Waals surface area contributed by atoms with E-state index in [2.05, 4.69) is 4.98 Å². The molecule has 1 aliphatic heterocycles. The minimum atomic E-state index is -0.428. The van der Waals surface area contributed by atoms with Crippen LogP contribution in [0.4, 0.5) is 4.39 Å². The number of amides is 2. The molecule has 4 rings (SSSR count). The summed E-state index contributed by atoms with van der Waals surface area (Å²) in [6.45, 7) is 0.0340. The zero-order valence-electron chi connectivity index (χ0n) is 13.3. The summed E-state index contributed by atoms with van der Waals surface area (Å²) in [5.74, 6) is -0.890. The van der Waals surface area contributed by atoms with Crippen LogP contribution in [0.3, 0.4) is 0 Å². The maximum Gasteiger partial charge on any atom is 0.233 e. The average Bonchev–Trinajstić information content (AvgIpc) is 3.13. The number of likely N-dealkylation sites (tertiary alicyclic amines) is 1. The number of rotatable bonds is 4. The molecule has 25 heavy (non-hydrogen) atoms. The number of nitrogens with zero attached hydrogens (tertiary/aromatic N) is 2. The van der Waals surface area contributed by atoms with Crippen molar-refractivity contribution in [2.45, 2.75) is 19.4 Å². The van der Waals surface area contributed by atoms with E-state index in [1.165, 1.54) is 17.0 Å². The first kappa shape index (κ1) is 15.5. The fraction of sp³-hybridized carbons (Fsp3) is 0.211. The highest BCUT2D eigenvalue weighted by Crippen LogP contribution is 2.26. The number of carbonyl (C=O) groups is 2. The second-order valence-corrected chi connectivity index (χ2v) is 6.13. The molecule has 6 heteroatoms. The molecule has 0 N–H and O–H groups in total. The van der Waals surface area contributed by atoms with Crippen LogP contribution in [0.5, 0.6) is 0 Å². The number of hydrogen-bond donors (Lipinski definition) is 0. The van der Waals surface area contributed by atoms with Crippen LogP contribution in [0.1, 0.15) is 17.9 Å². The highest BCUT2D eigenvalue weighted by molar-refractivity contribution is 6.03. The van der Waals surface area contributed by atoms with Gasteiger partial charge in [0.25, 0.3) is 0 Å². The summed E-state index contributed by atoms with van der Waals surface area (Å²) in [5.41, 5.74) is 2.15. The van der Waals surface area contributed by atoms with Crippen molar-refractivity contribution in [1.29, 1.82) is 0 Å². The van der Waals surface area contributed by atoms with Gasteiger partial charge in [0.05, 0.1) is 5.92 Å². The molecule has 126 valence electrons. The monoisotopic (exact) mass is 338 g/mol. The van der Waals surface area contributed by atoms with Gasteiger partial charge in [-0.25, -0.2) is 9.37 Å². The maximum absolute atomic E-state index is 13.0. The first-order valence-corrected chi connectivity index (χ1v) is 8.03. The second-order valence-electron chi connectivity index (χ2n) is 6.13. The lowest BCUT2D eigenvalue weighted by Crippen LogP contribution is -2.30. The number of benzene rings is 2. The Morgan fingerprint density at radius 1 is 1.12 bits per heavy atom. The van der Waals surface area contributed by atoms with Crippen molar-refractivity contribution >= 4 is 22.9 Å². The highest BCUT2D eigenvalue weighted by Gasteiger charge is 2.39. The topological polar surface area (TPSA) is 63.4 Å². The van der Waals surface area contributed by atoms with E-state index in [-0.39, 0.29) is 30.6 Å². The van der Waals surface area contributed by atoms with Gasteiger partial charge in [0, 0.05) is 6.42 Å². The molecule has 0 unspecified atom stereocenters. The molecule has 0 radical (unpaired) electrons. The van der Waals surface area contributed by atoms with Gasteiger partial charge < -0.3 is 4.42 Å². The number of hydrogen-bond acceptors (Lipinski definition) is 4. The van der Waals surface area contributed by atoms with Gasteiger partial charge in [0.2, 0.25) is 17.7 Å². The van der Waals surface area contributed by atoms with E-state index >= 15 is 0 Å². The molecule has 2 aromatic carbocycles. The summed E-state index contributed by atoms with van der Waals surface area (Å²) in [6.07, 6.45) is 0.561. The molecule has 1 atom stereocenters. The highest BCUT2D eigenvalue weighted by atomic mass is 19.1. The predicted molar refractivity (Wildman–Crippen MR) is 87.8 cm³/mol. The third-order valence-corrected chi connectivity index (χ3v) is 4.36. The first-order chi connectivity index (χ1) is 12.1. The lowest BCUT2D eigenvalue weighted by Gasteiger charge is -2.12. The summed E-state index contributed by atoms with van der Waals surface area (Å²) < 4.78 is 18.6. The van der Waals surface area contributed by atoms with Crippen LogP contribution in [0.2, 0.25) is 0 Å². The molecule has 2 amide bonds. The van der Waals surface area contributed by atoms with Crippen molar-refractivity contribution in [3.8, 4) is 0 Å². The molecule has 0 aliphatic carbocycles. The van der Waals surface area contributed by atoms with E-state index in [9.17, 15) is 14.0 Å². The molecule has 3 aromatic rings. The van der Waals surface area contributed by atoms with E-state index in [4.69, 9.17) is 4.42 Å². The number of oxazole rings is 1. The Bertz CT molecular complexity index is 916. The van der Waals surface area contributed by atoms with Crippen LogP contribution in [0.15, 0.2) is 52.9 Å². The predicted octanol–water partition coefficient (Wildman–Crippen LogP) is 3.08. The summed E-state index contributed by atoms with van der Waals surface area (Å²) in [6, 6.07) is 13.3. The number of halogens is 1. The molecule has 0 bridgehead atoms. The Morgan fingerprint density at radius 2 is 1.88 bits per heavy atom.